The molecule has 0 radical (unpaired) electrons. The third-order valence-electron chi connectivity index (χ3n) is 4.39. The highest BCUT2D eigenvalue weighted by atomic mass is 35.5. The Bertz CT molecular complexity index is 668. The number of ether oxygens (including phenoxy) is 1. The summed E-state index contributed by atoms with van der Waals surface area (Å²) in [5, 5.41) is 3.84. The third-order valence-corrected chi connectivity index (χ3v) is 4.64. The molecule has 1 saturated heterocycles. The van der Waals surface area contributed by atoms with E-state index in [0.717, 1.165) is 43.2 Å². The number of rotatable bonds is 6. The largest absolute Gasteiger partial charge is 0.484 e. The molecule has 4 nitrogen and oxygen atoms in total. The molecule has 3 rings (SSSR count). The summed E-state index contributed by atoms with van der Waals surface area (Å²) >= 11 is 5.92. The lowest BCUT2D eigenvalue weighted by molar-refractivity contribution is -0.124. The van der Waals surface area contributed by atoms with Gasteiger partial charge in [-0.3, -0.25) is 9.69 Å². The zero-order valence-corrected chi connectivity index (χ0v) is 14.9. The van der Waals surface area contributed by atoms with E-state index in [2.05, 4.69) is 22.3 Å². The van der Waals surface area contributed by atoms with Gasteiger partial charge in [0, 0.05) is 30.7 Å². The molecule has 0 aliphatic carbocycles. The summed E-state index contributed by atoms with van der Waals surface area (Å²) in [5.74, 6) is 0.662. The normalized spacial score (nSPS) is 15.7. The molecule has 1 N–H and O–H groups in total. The minimum absolute atomic E-state index is 0.0556. The molecule has 132 valence electrons. The van der Waals surface area contributed by atoms with Gasteiger partial charge in [0.1, 0.15) is 5.75 Å². The molecule has 1 heterocycles. The number of amides is 1. The number of hydrogen-bond donors (Lipinski definition) is 1. The van der Waals surface area contributed by atoms with Crippen molar-refractivity contribution < 1.29 is 9.53 Å². The second-order valence-electron chi connectivity index (χ2n) is 6.35. The average Bonchev–Trinajstić information content (AvgIpc) is 2.64. The van der Waals surface area contributed by atoms with Gasteiger partial charge in [-0.05, 0) is 42.7 Å². The molecule has 0 spiro atoms. The van der Waals surface area contributed by atoms with Gasteiger partial charge in [-0.25, -0.2) is 0 Å². The summed E-state index contributed by atoms with van der Waals surface area (Å²) in [4.78, 5) is 14.4. The van der Waals surface area contributed by atoms with E-state index in [9.17, 15) is 4.79 Å². The van der Waals surface area contributed by atoms with Gasteiger partial charge in [-0.1, -0.05) is 41.9 Å². The van der Waals surface area contributed by atoms with Crippen molar-refractivity contribution in [2.24, 2.45) is 0 Å². The lowest BCUT2D eigenvalue weighted by Crippen LogP contribution is -2.45. The number of carbonyl (C=O) groups excluding carboxylic acids is 1. The molecule has 1 fully saturated rings. The van der Waals surface area contributed by atoms with E-state index in [1.807, 2.05) is 42.5 Å². The topological polar surface area (TPSA) is 41.6 Å². The van der Waals surface area contributed by atoms with Gasteiger partial charge in [0.05, 0.1) is 0 Å². The highest BCUT2D eigenvalue weighted by Crippen LogP contribution is 2.16. The van der Waals surface area contributed by atoms with Crippen molar-refractivity contribution >= 4 is 17.5 Å². The van der Waals surface area contributed by atoms with Crippen LogP contribution in [0, 0.1) is 0 Å². The maximum absolute atomic E-state index is 12.0. The molecule has 1 aliphatic rings. The Kier molecular flexibility index (Phi) is 6.31. The molecule has 0 saturated carbocycles. The summed E-state index contributed by atoms with van der Waals surface area (Å²) in [5.41, 5.74) is 1.27. The first-order valence-electron chi connectivity index (χ1n) is 8.63. The van der Waals surface area contributed by atoms with Gasteiger partial charge >= 0.3 is 0 Å². The number of benzene rings is 2. The predicted molar refractivity (Wildman–Crippen MR) is 99.8 cm³/mol. The number of para-hydroxylation sites is 1. The highest BCUT2D eigenvalue weighted by Gasteiger charge is 2.20. The van der Waals surface area contributed by atoms with Crippen molar-refractivity contribution in [1.29, 1.82) is 0 Å². The van der Waals surface area contributed by atoms with E-state index in [1.54, 1.807) is 0 Å². The Morgan fingerprint density at radius 2 is 1.76 bits per heavy atom. The van der Waals surface area contributed by atoms with E-state index in [1.165, 1.54) is 5.56 Å². The summed E-state index contributed by atoms with van der Waals surface area (Å²) < 4.78 is 5.49. The lowest BCUT2D eigenvalue weighted by Gasteiger charge is -2.32. The lowest BCUT2D eigenvalue weighted by atomic mass is 10.0. The van der Waals surface area contributed by atoms with Crippen LogP contribution in [-0.4, -0.2) is 36.5 Å². The fourth-order valence-electron chi connectivity index (χ4n) is 3.02. The molecular formula is C20H23ClN2O2. The van der Waals surface area contributed by atoms with Crippen molar-refractivity contribution in [1.82, 2.24) is 10.2 Å². The molecule has 0 aromatic heterocycles. The third kappa shape index (κ3) is 5.76. The molecular weight excluding hydrogens is 336 g/mol. The Balaban J connectivity index is 1.37. The fraction of sp³-hybridized carbons (Fsp3) is 0.350. The first-order valence-corrected chi connectivity index (χ1v) is 9.01. The van der Waals surface area contributed by atoms with Crippen molar-refractivity contribution in [2.45, 2.75) is 25.4 Å². The molecule has 5 heteroatoms. The standard InChI is InChI=1S/C20H23ClN2O2/c21-17-8-6-16(7-9-17)14-23-12-10-18(11-13-23)22-20(24)15-25-19-4-2-1-3-5-19/h1-9,18H,10-15H2,(H,22,24). The molecule has 2 aromatic rings. The van der Waals surface area contributed by atoms with Crippen LogP contribution in [0.1, 0.15) is 18.4 Å². The minimum atomic E-state index is -0.0556. The SMILES string of the molecule is O=C(COc1ccccc1)NC1CCN(Cc2ccc(Cl)cc2)CC1. The van der Waals surface area contributed by atoms with Crippen LogP contribution in [0.25, 0.3) is 0 Å². The van der Waals surface area contributed by atoms with Gasteiger partial charge in [0.2, 0.25) is 0 Å². The molecule has 0 atom stereocenters. The van der Waals surface area contributed by atoms with Gasteiger partial charge in [-0.2, -0.15) is 0 Å². The minimum Gasteiger partial charge on any atom is -0.484 e. The van der Waals surface area contributed by atoms with Crippen LogP contribution in [0.5, 0.6) is 5.75 Å². The van der Waals surface area contributed by atoms with Crippen molar-refractivity contribution in [3.8, 4) is 5.75 Å². The predicted octanol–water partition coefficient (Wildman–Crippen LogP) is 3.50. The maximum atomic E-state index is 12.0. The molecule has 0 unspecified atom stereocenters. The molecule has 0 bridgehead atoms. The highest BCUT2D eigenvalue weighted by molar-refractivity contribution is 6.30. The van der Waals surface area contributed by atoms with E-state index in [4.69, 9.17) is 16.3 Å². The van der Waals surface area contributed by atoms with Crippen LogP contribution >= 0.6 is 11.6 Å². The zero-order chi connectivity index (χ0) is 17.5. The average molecular weight is 359 g/mol. The van der Waals surface area contributed by atoms with Crippen LogP contribution in [0.2, 0.25) is 5.02 Å². The Hall–Kier alpha value is -2.04. The second-order valence-corrected chi connectivity index (χ2v) is 6.78. The van der Waals surface area contributed by atoms with E-state index in [-0.39, 0.29) is 18.6 Å². The molecule has 25 heavy (non-hydrogen) atoms. The summed E-state index contributed by atoms with van der Waals surface area (Å²) in [6.45, 7) is 2.95. The monoisotopic (exact) mass is 358 g/mol. The smallest absolute Gasteiger partial charge is 0.258 e. The number of nitrogens with zero attached hydrogens (tertiary/aromatic N) is 1. The van der Waals surface area contributed by atoms with Gasteiger partial charge in [-0.15, -0.1) is 0 Å². The van der Waals surface area contributed by atoms with Crippen LogP contribution < -0.4 is 10.1 Å². The van der Waals surface area contributed by atoms with Gasteiger partial charge in [0.25, 0.3) is 5.91 Å². The fourth-order valence-corrected chi connectivity index (χ4v) is 3.14. The first-order chi connectivity index (χ1) is 12.2. The first kappa shape index (κ1) is 17.8. The number of carbonyl (C=O) groups is 1. The number of nitrogens with one attached hydrogen (secondary N) is 1. The van der Waals surface area contributed by atoms with E-state index >= 15 is 0 Å². The number of halogens is 1. The molecule has 1 amide bonds. The van der Waals surface area contributed by atoms with E-state index in [0.29, 0.717) is 0 Å². The second kappa shape index (κ2) is 8.88. The van der Waals surface area contributed by atoms with Crippen LogP contribution in [0.4, 0.5) is 0 Å². The summed E-state index contributed by atoms with van der Waals surface area (Å²) in [7, 11) is 0. The molecule has 2 aromatic carbocycles. The van der Waals surface area contributed by atoms with Crippen molar-refractivity contribution in [3.63, 3.8) is 0 Å². The van der Waals surface area contributed by atoms with Gasteiger partial charge < -0.3 is 10.1 Å². The quantitative estimate of drug-likeness (QED) is 0.859. The van der Waals surface area contributed by atoms with Crippen LogP contribution in [0.15, 0.2) is 54.6 Å². The van der Waals surface area contributed by atoms with Crippen molar-refractivity contribution in [2.75, 3.05) is 19.7 Å². The Morgan fingerprint density at radius 3 is 2.44 bits per heavy atom. The number of likely N-dealkylation sites (tertiary alicyclic amines) is 1. The molecule has 1 aliphatic heterocycles. The Labute approximate surface area is 153 Å². The summed E-state index contributed by atoms with van der Waals surface area (Å²) in [6, 6.07) is 17.6. The van der Waals surface area contributed by atoms with Gasteiger partial charge in [0.15, 0.2) is 6.61 Å². The van der Waals surface area contributed by atoms with Crippen molar-refractivity contribution in [3.05, 3.63) is 65.2 Å². The Morgan fingerprint density at radius 1 is 1.08 bits per heavy atom. The van der Waals surface area contributed by atoms with E-state index < -0.39 is 0 Å². The summed E-state index contributed by atoms with van der Waals surface area (Å²) in [6.07, 6.45) is 1.93. The number of piperidine rings is 1. The van der Waals surface area contributed by atoms with Crippen LogP contribution in [-0.2, 0) is 11.3 Å². The zero-order valence-electron chi connectivity index (χ0n) is 14.2. The number of hydrogen-bond acceptors (Lipinski definition) is 3. The maximum Gasteiger partial charge on any atom is 0.258 e. The van der Waals surface area contributed by atoms with Crippen LogP contribution in [0.3, 0.4) is 0 Å².